The fourth-order valence-corrected chi connectivity index (χ4v) is 5.88. The highest BCUT2D eigenvalue weighted by Gasteiger charge is 2.57. The minimum atomic E-state index is 0.337. The summed E-state index contributed by atoms with van der Waals surface area (Å²) in [6, 6.07) is 0. The summed E-state index contributed by atoms with van der Waals surface area (Å²) in [7, 11) is 0. The quantitative estimate of drug-likeness (QED) is 0.530. The van der Waals surface area contributed by atoms with Gasteiger partial charge >= 0.3 is 0 Å². The third-order valence-electron chi connectivity index (χ3n) is 8.89. The topological polar surface area (TPSA) is 6.48 Å². The predicted octanol–water partition coefficient (Wildman–Crippen LogP) is 4.45. The van der Waals surface area contributed by atoms with E-state index in [1.165, 1.54) is 74.4 Å². The average molecular weight is 425 g/mol. The van der Waals surface area contributed by atoms with Gasteiger partial charge < -0.3 is 8.97 Å². The van der Waals surface area contributed by atoms with E-state index in [9.17, 15) is 0 Å². The van der Waals surface area contributed by atoms with Gasteiger partial charge in [0.25, 0.3) is 0 Å². The van der Waals surface area contributed by atoms with Crippen LogP contribution >= 0.6 is 0 Å². The Hall–Kier alpha value is -0.160. The fourth-order valence-electron chi connectivity index (χ4n) is 5.88. The molecule has 0 spiro atoms. The molecular formula is C26H56N4+2. The van der Waals surface area contributed by atoms with Crippen molar-refractivity contribution in [2.45, 2.75) is 105 Å². The molecule has 0 radical (unpaired) electrons. The number of fused-ring (bicyclic) bond motifs is 3. The lowest BCUT2D eigenvalue weighted by atomic mass is 9.90. The maximum Gasteiger partial charge on any atom is 0.129 e. The van der Waals surface area contributed by atoms with E-state index >= 15 is 0 Å². The van der Waals surface area contributed by atoms with Crippen molar-refractivity contribution < 1.29 is 8.97 Å². The SMILES string of the molecule is CC(C)(C)N1CCN(C(C)(C)C)CC1.CC(C)(C)[N+]12CC[N+](C(C)(C)C)(CC1)CC2. The van der Waals surface area contributed by atoms with Gasteiger partial charge in [0, 0.05) is 37.3 Å². The van der Waals surface area contributed by atoms with Crippen molar-refractivity contribution >= 4 is 0 Å². The van der Waals surface area contributed by atoms with Gasteiger partial charge in [0.05, 0.1) is 11.1 Å². The highest BCUT2D eigenvalue weighted by Crippen LogP contribution is 2.39. The maximum absolute atomic E-state index is 2.58. The van der Waals surface area contributed by atoms with Crippen molar-refractivity contribution in [2.75, 3.05) is 65.4 Å². The zero-order valence-electron chi connectivity index (χ0n) is 22.9. The summed E-state index contributed by atoms with van der Waals surface area (Å²) in [4.78, 5) is 5.16. The highest BCUT2D eigenvalue weighted by molar-refractivity contribution is 4.86. The van der Waals surface area contributed by atoms with Gasteiger partial charge in [-0.1, -0.05) is 0 Å². The first-order valence-electron chi connectivity index (χ1n) is 12.6. The third kappa shape index (κ3) is 5.42. The molecule has 4 rings (SSSR count). The van der Waals surface area contributed by atoms with Crippen LogP contribution in [0, 0.1) is 0 Å². The van der Waals surface area contributed by atoms with E-state index in [4.69, 9.17) is 0 Å². The average Bonchev–Trinajstić information content (AvgIpc) is 2.61. The minimum Gasteiger partial charge on any atom is -0.305 e. The van der Waals surface area contributed by atoms with Crippen LogP contribution in [0.1, 0.15) is 83.1 Å². The monoisotopic (exact) mass is 424 g/mol. The largest absolute Gasteiger partial charge is 0.305 e. The molecular weight excluding hydrogens is 368 g/mol. The van der Waals surface area contributed by atoms with Crippen LogP contribution in [0.4, 0.5) is 0 Å². The summed E-state index contributed by atoms with van der Waals surface area (Å²) in [6.07, 6.45) is 0. The van der Waals surface area contributed by atoms with Crippen molar-refractivity contribution in [3.63, 3.8) is 0 Å². The van der Waals surface area contributed by atoms with Gasteiger partial charge in [-0.2, -0.15) is 0 Å². The Bertz CT molecular complexity index is 483. The fraction of sp³-hybridized carbons (Fsp3) is 1.00. The van der Waals surface area contributed by atoms with Crippen molar-refractivity contribution in [1.29, 1.82) is 0 Å². The minimum absolute atomic E-state index is 0.337. The van der Waals surface area contributed by atoms with Gasteiger partial charge in [-0.3, -0.25) is 9.80 Å². The molecule has 0 aromatic rings. The highest BCUT2D eigenvalue weighted by atomic mass is 15.6. The van der Waals surface area contributed by atoms with E-state index in [2.05, 4.69) is 92.9 Å². The summed E-state index contributed by atoms with van der Waals surface area (Å²) in [5, 5.41) is 0. The Morgan fingerprint density at radius 2 is 0.600 bits per heavy atom. The molecule has 30 heavy (non-hydrogen) atoms. The molecule has 0 aliphatic carbocycles. The predicted molar refractivity (Wildman–Crippen MR) is 132 cm³/mol. The van der Waals surface area contributed by atoms with Crippen LogP contribution in [0.3, 0.4) is 0 Å². The summed E-state index contributed by atoms with van der Waals surface area (Å²) < 4.78 is 2.73. The Kier molecular flexibility index (Phi) is 7.24. The third-order valence-corrected chi connectivity index (χ3v) is 8.89. The molecule has 2 bridgehead atoms. The van der Waals surface area contributed by atoms with Crippen LogP contribution in [-0.2, 0) is 0 Å². The van der Waals surface area contributed by atoms with Crippen LogP contribution in [0.5, 0.6) is 0 Å². The van der Waals surface area contributed by atoms with Crippen LogP contribution < -0.4 is 0 Å². The molecule has 4 saturated heterocycles. The Labute approximate surface area is 189 Å². The van der Waals surface area contributed by atoms with Crippen LogP contribution in [0.2, 0.25) is 0 Å². The number of rotatable bonds is 0. The lowest BCUT2D eigenvalue weighted by Crippen LogP contribution is -2.82. The zero-order chi connectivity index (χ0) is 23.2. The van der Waals surface area contributed by atoms with E-state index in [0.29, 0.717) is 22.2 Å². The molecule has 4 aliphatic heterocycles. The van der Waals surface area contributed by atoms with Gasteiger partial charge in [-0.15, -0.1) is 0 Å². The number of quaternary nitrogens is 2. The normalized spacial score (nSPS) is 32.0. The molecule has 0 N–H and O–H groups in total. The van der Waals surface area contributed by atoms with Crippen LogP contribution in [0.15, 0.2) is 0 Å². The van der Waals surface area contributed by atoms with E-state index in [1.807, 2.05) is 0 Å². The molecule has 0 atom stereocenters. The van der Waals surface area contributed by atoms with Gasteiger partial charge in [-0.05, 0) is 83.1 Å². The van der Waals surface area contributed by atoms with Gasteiger partial charge in [-0.25, -0.2) is 0 Å². The molecule has 4 heterocycles. The maximum atomic E-state index is 2.58. The van der Waals surface area contributed by atoms with E-state index in [-0.39, 0.29) is 0 Å². The summed E-state index contributed by atoms with van der Waals surface area (Å²) in [5.74, 6) is 0. The van der Waals surface area contributed by atoms with E-state index in [1.54, 1.807) is 0 Å². The van der Waals surface area contributed by atoms with Crippen LogP contribution in [-0.4, -0.2) is 106 Å². The van der Waals surface area contributed by atoms with Crippen molar-refractivity contribution in [1.82, 2.24) is 9.80 Å². The molecule has 4 aliphatic rings. The van der Waals surface area contributed by atoms with Crippen molar-refractivity contribution in [2.24, 2.45) is 0 Å². The molecule has 0 aromatic carbocycles. The molecule has 4 fully saturated rings. The van der Waals surface area contributed by atoms with Crippen molar-refractivity contribution in [3.05, 3.63) is 0 Å². The summed E-state index contributed by atoms with van der Waals surface area (Å²) >= 11 is 0. The Morgan fingerprint density at radius 3 is 0.733 bits per heavy atom. The number of piperazine rings is 4. The lowest BCUT2D eigenvalue weighted by molar-refractivity contribution is -1.12. The second kappa shape index (κ2) is 8.32. The Morgan fingerprint density at radius 1 is 0.400 bits per heavy atom. The molecule has 0 aromatic heterocycles. The molecule has 178 valence electrons. The van der Waals surface area contributed by atoms with Gasteiger partial charge in [0.15, 0.2) is 0 Å². The van der Waals surface area contributed by atoms with E-state index in [0.717, 1.165) is 0 Å². The summed E-state index contributed by atoms with van der Waals surface area (Å²) in [6.45, 7) is 41.6. The standard InChI is InChI=1S/C14H30N2.C12H26N2/c1-13(2,3)15-7-10-16(11-8-15,12-9-15)14(4,5)6;1-11(2,3)13-7-9-14(10-8-13)12(4,5)6/h7-12H2,1-6H3;7-10H2,1-6H3/q+2;. The van der Waals surface area contributed by atoms with Crippen molar-refractivity contribution in [3.8, 4) is 0 Å². The first kappa shape index (κ1) is 26.1. The number of hydrogen-bond donors (Lipinski definition) is 0. The van der Waals surface area contributed by atoms with E-state index < -0.39 is 0 Å². The van der Waals surface area contributed by atoms with Gasteiger partial charge in [0.1, 0.15) is 39.3 Å². The number of nitrogens with zero attached hydrogens (tertiary/aromatic N) is 4. The molecule has 0 unspecified atom stereocenters. The first-order chi connectivity index (χ1) is 13.3. The molecule has 0 amide bonds. The molecule has 4 nitrogen and oxygen atoms in total. The number of hydrogen-bond acceptors (Lipinski definition) is 2. The zero-order valence-corrected chi connectivity index (χ0v) is 22.9. The molecule has 0 saturated carbocycles. The summed E-state index contributed by atoms with van der Waals surface area (Å²) in [5.41, 5.74) is 1.55. The second-order valence-electron chi connectivity index (χ2n) is 14.3. The van der Waals surface area contributed by atoms with Gasteiger partial charge in [0.2, 0.25) is 0 Å². The van der Waals surface area contributed by atoms with Crippen LogP contribution in [0.25, 0.3) is 0 Å². The smallest absolute Gasteiger partial charge is 0.129 e. The second-order valence-corrected chi connectivity index (χ2v) is 14.3. The first-order valence-corrected chi connectivity index (χ1v) is 12.6. The Balaban J connectivity index is 0.000000216. The molecule has 4 heteroatoms. The lowest BCUT2D eigenvalue weighted by Gasteiger charge is -2.63.